The minimum Gasteiger partial charge on any atom is -0.495 e. The van der Waals surface area contributed by atoms with Crippen LogP contribution in [0.5, 0.6) is 5.75 Å². The van der Waals surface area contributed by atoms with Gasteiger partial charge in [0.15, 0.2) is 0 Å². The Bertz CT molecular complexity index is 403. The minimum atomic E-state index is -1.47. The molecule has 5 heteroatoms. The van der Waals surface area contributed by atoms with Crippen LogP contribution in [-0.2, 0) is 20.3 Å². The zero-order chi connectivity index (χ0) is 12.1. The number of benzene rings is 1. The molecule has 0 fully saturated rings. The summed E-state index contributed by atoms with van der Waals surface area (Å²) in [6, 6.07) is 6.91. The van der Waals surface area contributed by atoms with E-state index >= 15 is 0 Å². The van der Waals surface area contributed by atoms with Crippen LogP contribution in [0.3, 0.4) is 0 Å². The lowest BCUT2D eigenvalue weighted by Gasteiger charge is -2.11. The standard InChI is InChI=1S/C11H14O4S/c1-8(11(12)15-3)16(13)10-7-5-4-6-9(10)14-2/h4-8H,1-3H3. The predicted octanol–water partition coefficient (Wildman–Crippen LogP) is 1.36. The van der Waals surface area contributed by atoms with Crippen molar-refractivity contribution in [3.05, 3.63) is 24.3 Å². The Morgan fingerprint density at radius 1 is 1.31 bits per heavy atom. The Morgan fingerprint density at radius 2 is 1.94 bits per heavy atom. The van der Waals surface area contributed by atoms with Gasteiger partial charge in [0.05, 0.1) is 29.9 Å². The van der Waals surface area contributed by atoms with Gasteiger partial charge in [-0.2, -0.15) is 0 Å². The van der Waals surface area contributed by atoms with Gasteiger partial charge in [-0.15, -0.1) is 0 Å². The highest BCUT2D eigenvalue weighted by atomic mass is 32.2. The minimum absolute atomic E-state index is 0.496. The molecule has 0 bridgehead atoms. The molecule has 1 aromatic rings. The topological polar surface area (TPSA) is 52.6 Å². The number of carbonyl (C=O) groups excluding carboxylic acids is 1. The van der Waals surface area contributed by atoms with Gasteiger partial charge >= 0.3 is 5.97 Å². The van der Waals surface area contributed by atoms with Crippen LogP contribution in [-0.4, -0.2) is 29.6 Å². The molecule has 0 aromatic heterocycles. The smallest absolute Gasteiger partial charge is 0.321 e. The molecule has 0 saturated carbocycles. The molecular weight excluding hydrogens is 228 g/mol. The van der Waals surface area contributed by atoms with Gasteiger partial charge in [0.25, 0.3) is 0 Å². The largest absolute Gasteiger partial charge is 0.495 e. The van der Waals surface area contributed by atoms with Crippen LogP contribution >= 0.6 is 0 Å². The molecule has 4 nitrogen and oxygen atoms in total. The van der Waals surface area contributed by atoms with Crippen molar-refractivity contribution < 1.29 is 18.5 Å². The van der Waals surface area contributed by atoms with Crippen LogP contribution in [0.25, 0.3) is 0 Å². The summed E-state index contributed by atoms with van der Waals surface area (Å²) in [5, 5.41) is -0.707. The van der Waals surface area contributed by atoms with Gasteiger partial charge in [-0.3, -0.25) is 9.00 Å². The molecule has 0 saturated heterocycles. The molecule has 1 rings (SSSR count). The Balaban J connectivity index is 3.00. The van der Waals surface area contributed by atoms with Crippen molar-refractivity contribution in [3.63, 3.8) is 0 Å². The fourth-order valence-electron chi connectivity index (χ4n) is 1.23. The van der Waals surface area contributed by atoms with Gasteiger partial charge in [-0.1, -0.05) is 12.1 Å². The van der Waals surface area contributed by atoms with Gasteiger partial charge < -0.3 is 9.47 Å². The predicted molar refractivity (Wildman–Crippen MR) is 60.9 cm³/mol. The van der Waals surface area contributed by atoms with E-state index in [0.29, 0.717) is 10.6 Å². The highest BCUT2D eigenvalue weighted by Gasteiger charge is 2.24. The summed E-state index contributed by atoms with van der Waals surface area (Å²) >= 11 is 0. The lowest BCUT2D eigenvalue weighted by molar-refractivity contribution is -0.139. The van der Waals surface area contributed by atoms with E-state index in [-0.39, 0.29) is 0 Å². The molecule has 0 aliphatic heterocycles. The van der Waals surface area contributed by atoms with E-state index in [1.165, 1.54) is 14.2 Å². The molecular formula is C11H14O4S. The first-order valence-corrected chi connectivity index (χ1v) is 5.94. The average Bonchev–Trinajstić information content (AvgIpc) is 2.35. The van der Waals surface area contributed by atoms with Crippen LogP contribution in [0, 0.1) is 0 Å². The number of hydrogen-bond acceptors (Lipinski definition) is 4. The van der Waals surface area contributed by atoms with E-state index in [1.54, 1.807) is 31.2 Å². The van der Waals surface area contributed by atoms with Crippen LogP contribution in [0.1, 0.15) is 6.92 Å². The Morgan fingerprint density at radius 3 is 2.50 bits per heavy atom. The zero-order valence-electron chi connectivity index (χ0n) is 9.43. The fourth-order valence-corrected chi connectivity index (χ4v) is 2.44. The van der Waals surface area contributed by atoms with Crippen molar-refractivity contribution in [2.75, 3.05) is 14.2 Å². The van der Waals surface area contributed by atoms with E-state index in [9.17, 15) is 9.00 Å². The van der Waals surface area contributed by atoms with Crippen molar-refractivity contribution in [2.45, 2.75) is 17.1 Å². The fraction of sp³-hybridized carbons (Fsp3) is 0.364. The number of rotatable bonds is 4. The van der Waals surface area contributed by atoms with Crippen LogP contribution in [0.4, 0.5) is 0 Å². The van der Waals surface area contributed by atoms with Crippen molar-refractivity contribution in [1.82, 2.24) is 0 Å². The van der Waals surface area contributed by atoms with Gasteiger partial charge in [-0.05, 0) is 19.1 Å². The maximum absolute atomic E-state index is 12.1. The molecule has 88 valence electrons. The molecule has 2 unspecified atom stereocenters. The van der Waals surface area contributed by atoms with E-state index in [4.69, 9.17) is 4.74 Å². The molecule has 0 heterocycles. The highest BCUT2D eigenvalue weighted by molar-refractivity contribution is 7.86. The summed E-state index contributed by atoms with van der Waals surface area (Å²) in [6.45, 7) is 1.56. The number of ether oxygens (including phenoxy) is 2. The van der Waals surface area contributed by atoms with Gasteiger partial charge in [0.1, 0.15) is 11.0 Å². The summed E-state index contributed by atoms with van der Waals surface area (Å²) in [6.07, 6.45) is 0. The summed E-state index contributed by atoms with van der Waals surface area (Å²) in [7, 11) is 1.31. The maximum Gasteiger partial charge on any atom is 0.321 e. The van der Waals surface area contributed by atoms with Crippen molar-refractivity contribution >= 4 is 16.8 Å². The number of carbonyl (C=O) groups is 1. The number of para-hydroxylation sites is 1. The maximum atomic E-state index is 12.1. The van der Waals surface area contributed by atoms with Gasteiger partial charge in [0.2, 0.25) is 0 Å². The summed E-state index contributed by atoms with van der Waals surface area (Å²) in [5.41, 5.74) is 0. The molecule has 16 heavy (non-hydrogen) atoms. The van der Waals surface area contributed by atoms with Gasteiger partial charge in [0, 0.05) is 0 Å². The molecule has 0 spiro atoms. The van der Waals surface area contributed by atoms with Crippen molar-refractivity contribution in [3.8, 4) is 5.75 Å². The third-order valence-electron chi connectivity index (χ3n) is 2.14. The van der Waals surface area contributed by atoms with E-state index < -0.39 is 22.0 Å². The highest BCUT2D eigenvalue weighted by Crippen LogP contribution is 2.23. The monoisotopic (exact) mass is 242 g/mol. The second-order valence-corrected chi connectivity index (χ2v) is 4.86. The van der Waals surface area contributed by atoms with Crippen LogP contribution in [0.15, 0.2) is 29.2 Å². The molecule has 0 amide bonds. The van der Waals surface area contributed by atoms with E-state index in [2.05, 4.69) is 4.74 Å². The molecule has 0 aliphatic rings. The first-order valence-electron chi connectivity index (χ1n) is 4.73. The first-order chi connectivity index (χ1) is 7.61. The quantitative estimate of drug-likeness (QED) is 0.748. The molecule has 2 atom stereocenters. The van der Waals surface area contributed by atoms with Crippen molar-refractivity contribution in [1.29, 1.82) is 0 Å². The second-order valence-electron chi connectivity index (χ2n) is 3.11. The Labute approximate surface area is 97.0 Å². The normalized spacial score (nSPS) is 13.9. The summed E-state index contributed by atoms with van der Waals surface area (Å²) < 4.78 is 21.7. The van der Waals surface area contributed by atoms with E-state index in [0.717, 1.165) is 0 Å². The van der Waals surface area contributed by atoms with Gasteiger partial charge in [-0.25, -0.2) is 0 Å². The number of esters is 1. The molecule has 0 N–H and O–H groups in total. The first kappa shape index (κ1) is 12.7. The van der Waals surface area contributed by atoms with E-state index in [1.807, 2.05) is 0 Å². The van der Waals surface area contributed by atoms with Crippen molar-refractivity contribution in [2.24, 2.45) is 0 Å². The summed E-state index contributed by atoms with van der Waals surface area (Å²) in [4.78, 5) is 11.8. The lowest BCUT2D eigenvalue weighted by Crippen LogP contribution is -2.24. The zero-order valence-corrected chi connectivity index (χ0v) is 10.2. The third kappa shape index (κ3) is 2.61. The average molecular weight is 242 g/mol. The molecule has 1 aromatic carbocycles. The third-order valence-corrected chi connectivity index (χ3v) is 3.75. The van der Waals surface area contributed by atoms with Crippen LogP contribution < -0.4 is 4.74 Å². The molecule has 0 radical (unpaired) electrons. The molecule has 0 aliphatic carbocycles. The lowest BCUT2D eigenvalue weighted by atomic mass is 10.3. The number of hydrogen-bond donors (Lipinski definition) is 0. The SMILES string of the molecule is COC(=O)C(C)S(=O)c1ccccc1OC. The Kier molecular flexibility index (Phi) is 4.49. The second kappa shape index (κ2) is 5.65. The number of methoxy groups -OCH3 is 2. The Hall–Kier alpha value is -1.36. The summed E-state index contributed by atoms with van der Waals surface area (Å²) in [5.74, 6) is 0.0147. The van der Waals surface area contributed by atoms with Crippen LogP contribution in [0.2, 0.25) is 0 Å².